The van der Waals surface area contributed by atoms with Crippen molar-refractivity contribution >= 4 is 23.7 Å². The lowest BCUT2D eigenvalue weighted by molar-refractivity contribution is 0.414. The Morgan fingerprint density at radius 3 is 2.56 bits per heavy atom. The standard InChI is InChI=1S/C15H15NOS/c1-17-14-9-5-3-7-12(14)11-16-13-8-4-6-10-15(13)18-2/h3-11H,1-2H3. The predicted molar refractivity (Wildman–Crippen MR) is 78.5 cm³/mol. The van der Waals surface area contributed by atoms with Gasteiger partial charge in [-0.25, -0.2) is 0 Å². The first-order valence-electron chi connectivity index (χ1n) is 5.65. The molecule has 18 heavy (non-hydrogen) atoms. The van der Waals surface area contributed by atoms with Gasteiger partial charge in [-0.1, -0.05) is 24.3 Å². The summed E-state index contributed by atoms with van der Waals surface area (Å²) in [6, 6.07) is 15.9. The van der Waals surface area contributed by atoms with Crippen LogP contribution in [-0.2, 0) is 0 Å². The van der Waals surface area contributed by atoms with Gasteiger partial charge >= 0.3 is 0 Å². The molecular weight excluding hydrogens is 242 g/mol. The Balaban J connectivity index is 2.30. The van der Waals surface area contributed by atoms with Crippen LogP contribution in [0.4, 0.5) is 5.69 Å². The van der Waals surface area contributed by atoms with Crippen LogP contribution in [0.3, 0.4) is 0 Å². The third kappa shape index (κ3) is 2.93. The fraction of sp³-hybridized carbons (Fsp3) is 0.133. The number of rotatable bonds is 4. The van der Waals surface area contributed by atoms with Crippen LogP contribution in [0.2, 0.25) is 0 Å². The molecule has 2 aromatic rings. The molecule has 0 saturated carbocycles. The highest BCUT2D eigenvalue weighted by molar-refractivity contribution is 7.98. The number of nitrogens with zero attached hydrogens (tertiary/aromatic N) is 1. The zero-order valence-corrected chi connectivity index (χ0v) is 11.3. The molecule has 0 N–H and O–H groups in total. The number of hydrogen-bond acceptors (Lipinski definition) is 3. The van der Waals surface area contributed by atoms with E-state index >= 15 is 0 Å². The van der Waals surface area contributed by atoms with E-state index in [1.165, 1.54) is 4.90 Å². The minimum atomic E-state index is 0.836. The molecule has 3 heteroatoms. The van der Waals surface area contributed by atoms with Gasteiger partial charge in [-0.05, 0) is 30.5 Å². The molecule has 0 fully saturated rings. The van der Waals surface area contributed by atoms with Crippen molar-refractivity contribution in [2.24, 2.45) is 4.99 Å². The monoisotopic (exact) mass is 257 g/mol. The van der Waals surface area contributed by atoms with Crippen LogP contribution in [0.25, 0.3) is 0 Å². The van der Waals surface area contributed by atoms with E-state index < -0.39 is 0 Å². The minimum absolute atomic E-state index is 0.836. The number of hydrogen-bond donors (Lipinski definition) is 0. The topological polar surface area (TPSA) is 21.6 Å². The van der Waals surface area contributed by atoms with Gasteiger partial charge in [-0.2, -0.15) is 0 Å². The predicted octanol–water partition coefficient (Wildman–Crippen LogP) is 4.17. The largest absolute Gasteiger partial charge is 0.496 e. The first-order chi connectivity index (χ1) is 8.85. The van der Waals surface area contributed by atoms with Crippen LogP contribution in [0.15, 0.2) is 58.4 Å². The smallest absolute Gasteiger partial charge is 0.127 e. The van der Waals surface area contributed by atoms with E-state index in [9.17, 15) is 0 Å². The lowest BCUT2D eigenvalue weighted by atomic mass is 10.2. The van der Waals surface area contributed by atoms with E-state index in [4.69, 9.17) is 4.74 Å². The molecule has 0 radical (unpaired) electrons. The second-order valence-electron chi connectivity index (χ2n) is 3.67. The molecule has 0 unspecified atom stereocenters. The molecule has 2 rings (SSSR count). The van der Waals surface area contributed by atoms with Crippen molar-refractivity contribution in [3.63, 3.8) is 0 Å². The van der Waals surface area contributed by atoms with Crippen molar-refractivity contribution in [1.29, 1.82) is 0 Å². The van der Waals surface area contributed by atoms with E-state index in [1.807, 2.05) is 48.7 Å². The molecular formula is C15H15NOS. The molecule has 0 heterocycles. The van der Waals surface area contributed by atoms with Crippen LogP contribution >= 0.6 is 11.8 Å². The maximum absolute atomic E-state index is 5.29. The molecule has 0 aliphatic rings. The number of benzene rings is 2. The fourth-order valence-electron chi connectivity index (χ4n) is 1.65. The third-order valence-electron chi connectivity index (χ3n) is 2.57. The Morgan fingerprint density at radius 2 is 1.78 bits per heavy atom. The van der Waals surface area contributed by atoms with E-state index in [1.54, 1.807) is 18.9 Å². The maximum atomic E-state index is 5.29. The summed E-state index contributed by atoms with van der Waals surface area (Å²) in [7, 11) is 1.67. The summed E-state index contributed by atoms with van der Waals surface area (Å²) in [6.45, 7) is 0. The molecule has 0 aromatic heterocycles. The summed E-state index contributed by atoms with van der Waals surface area (Å²) in [5.74, 6) is 0.836. The van der Waals surface area contributed by atoms with E-state index in [-0.39, 0.29) is 0 Å². The number of para-hydroxylation sites is 2. The Morgan fingerprint density at radius 1 is 1.06 bits per heavy atom. The molecule has 0 aliphatic carbocycles. The number of thioether (sulfide) groups is 1. The molecule has 2 aromatic carbocycles. The Bertz CT molecular complexity index is 502. The van der Waals surface area contributed by atoms with Gasteiger partial charge in [0.2, 0.25) is 0 Å². The molecule has 0 bridgehead atoms. The summed E-state index contributed by atoms with van der Waals surface area (Å²) >= 11 is 1.70. The van der Waals surface area contributed by atoms with Gasteiger partial charge in [-0.15, -0.1) is 11.8 Å². The molecule has 0 spiro atoms. The summed E-state index contributed by atoms with van der Waals surface area (Å²) in [4.78, 5) is 5.70. The maximum Gasteiger partial charge on any atom is 0.127 e. The van der Waals surface area contributed by atoms with Gasteiger partial charge in [0.15, 0.2) is 0 Å². The zero-order valence-electron chi connectivity index (χ0n) is 10.5. The average Bonchev–Trinajstić information content (AvgIpc) is 2.45. The van der Waals surface area contributed by atoms with Gasteiger partial charge in [0.1, 0.15) is 5.75 Å². The first kappa shape index (κ1) is 12.7. The third-order valence-corrected chi connectivity index (χ3v) is 3.35. The Hall–Kier alpha value is -1.74. The van der Waals surface area contributed by atoms with Gasteiger partial charge in [0.25, 0.3) is 0 Å². The second-order valence-corrected chi connectivity index (χ2v) is 4.52. The summed E-state index contributed by atoms with van der Waals surface area (Å²) in [5.41, 5.74) is 1.96. The number of ether oxygens (including phenoxy) is 1. The van der Waals surface area contributed by atoms with Crippen molar-refractivity contribution in [3.8, 4) is 5.75 Å². The molecule has 0 saturated heterocycles. The zero-order chi connectivity index (χ0) is 12.8. The number of methoxy groups -OCH3 is 1. The summed E-state index contributed by atoms with van der Waals surface area (Å²) in [5, 5.41) is 0. The van der Waals surface area contributed by atoms with E-state index in [2.05, 4.69) is 17.3 Å². The van der Waals surface area contributed by atoms with E-state index in [0.717, 1.165) is 17.0 Å². The van der Waals surface area contributed by atoms with Gasteiger partial charge < -0.3 is 4.74 Å². The average molecular weight is 257 g/mol. The Kier molecular flexibility index (Phi) is 4.42. The normalized spacial score (nSPS) is 10.8. The highest BCUT2D eigenvalue weighted by Gasteiger charge is 2.00. The van der Waals surface area contributed by atoms with Crippen molar-refractivity contribution in [3.05, 3.63) is 54.1 Å². The molecule has 0 aliphatic heterocycles. The lowest BCUT2D eigenvalue weighted by Crippen LogP contribution is -1.89. The second kappa shape index (κ2) is 6.26. The van der Waals surface area contributed by atoms with Gasteiger partial charge in [0.05, 0.1) is 12.8 Å². The quantitative estimate of drug-likeness (QED) is 0.605. The van der Waals surface area contributed by atoms with Crippen LogP contribution in [0.5, 0.6) is 5.75 Å². The van der Waals surface area contributed by atoms with Crippen LogP contribution in [0.1, 0.15) is 5.56 Å². The summed E-state index contributed by atoms with van der Waals surface area (Å²) < 4.78 is 5.29. The van der Waals surface area contributed by atoms with Crippen molar-refractivity contribution in [1.82, 2.24) is 0 Å². The Labute approximate surface area is 112 Å². The molecule has 0 amide bonds. The molecule has 0 atom stereocenters. The van der Waals surface area contributed by atoms with Crippen molar-refractivity contribution in [2.45, 2.75) is 4.90 Å². The fourth-order valence-corrected chi connectivity index (χ4v) is 2.19. The van der Waals surface area contributed by atoms with E-state index in [0.29, 0.717) is 0 Å². The lowest BCUT2D eigenvalue weighted by Gasteiger charge is -2.04. The van der Waals surface area contributed by atoms with Crippen LogP contribution in [-0.4, -0.2) is 19.6 Å². The molecule has 92 valence electrons. The number of aliphatic imine (C=N–C) groups is 1. The SMILES string of the molecule is COc1ccccc1C=Nc1ccccc1SC. The first-order valence-corrected chi connectivity index (χ1v) is 6.87. The van der Waals surface area contributed by atoms with Gasteiger partial charge in [0, 0.05) is 16.7 Å². The molecule has 2 nitrogen and oxygen atoms in total. The van der Waals surface area contributed by atoms with Gasteiger partial charge in [-0.3, -0.25) is 4.99 Å². The van der Waals surface area contributed by atoms with Crippen LogP contribution < -0.4 is 4.74 Å². The van der Waals surface area contributed by atoms with Crippen molar-refractivity contribution in [2.75, 3.05) is 13.4 Å². The van der Waals surface area contributed by atoms with Crippen molar-refractivity contribution < 1.29 is 4.74 Å². The highest BCUT2D eigenvalue weighted by Crippen LogP contribution is 2.27. The highest BCUT2D eigenvalue weighted by atomic mass is 32.2. The summed E-state index contributed by atoms with van der Waals surface area (Å²) in [6.07, 6.45) is 3.89. The minimum Gasteiger partial charge on any atom is -0.496 e. The van der Waals surface area contributed by atoms with Crippen LogP contribution in [0, 0.1) is 0 Å².